The van der Waals surface area contributed by atoms with E-state index in [0.717, 1.165) is 11.3 Å². The third-order valence-electron chi connectivity index (χ3n) is 1.77. The molecule has 0 bridgehead atoms. The minimum atomic E-state index is -0.462. The summed E-state index contributed by atoms with van der Waals surface area (Å²) < 4.78 is 4.99. The van der Waals surface area contributed by atoms with Gasteiger partial charge in [0.2, 0.25) is 0 Å². The lowest BCUT2D eigenvalue weighted by Gasteiger charge is -2.06. The van der Waals surface area contributed by atoms with Gasteiger partial charge in [0.05, 0.1) is 7.11 Å². The van der Waals surface area contributed by atoms with Crippen LogP contribution in [-0.4, -0.2) is 18.8 Å². The molecule has 0 spiro atoms. The Morgan fingerprint density at radius 1 is 1.42 bits per heavy atom. The van der Waals surface area contributed by atoms with Gasteiger partial charge in [-0.3, -0.25) is 0 Å². The average molecular weight is 168 g/mol. The van der Waals surface area contributed by atoms with E-state index in [1.807, 2.05) is 24.3 Å². The van der Waals surface area contributed by atoms with Crippen molar-refractivity contribution in [1.29, 1.82) is 0 Å². The first kappa shape index (κ1) is 9.03. The highest BCUT2D eigenvalue weighted by atomic mass is 16.5. The van der Waals surface area contributed by atoms with Gasteiger partial charge in [0, 0.05) is 0 Å². The predicted molar refractivity (Wildman–Crippen MR) is 45.7 cm³/mol. The van der Waals surface area contributed by atoms with Crippen molar-refractivity contribution in [2.24, 2.45) is 0 Å². The number of hydrogen-bond donors (Lipinski definition) is 2. The lowest BCUT2D eigenvalue weighted by molar-refractivity contribution is -0.385. The zero-order valence-corrected chi connectivity index (χ0v) is 7.16. The van der Waals surface area contributed by atoms with Gasteiger partial charge >= 0.3 is 0 Å². The molecule has 0 aliphatic rings. The molecular weight excluding hydrogens is 154 g/mol. The fraction of sp³-hybridized carbons (Fsp3) is 0.333. The molecule has 0 aliphatic heterocycles. The van der Waals surface area contributed by atoms with Gasteiger partial charge in [-0.2, -0.15) is 0 Å². The third kappa shape index (κ3) is 1.96. The zero-order chi connectivity index (χ0) is 8.97. The van der Waals surface area contributed by atoms with Crippen LogP contribution in [0.4, 0.5) is 0 Å². The maximum atomic E-state index is 9.39. The van der Waals surface area contributed by atoms with Crippen LogP contribution < -0.4 is 10.5 Å². The van der Waals surface area contributed by atoms with Crippen LogP contribution in [0.25, 0.3) is 0 Å². The van der Waals surface area contributed by atoms with Crippen molar-refractivity contribution in [3.05, 3.63) is 29.8 Å². The normalized spacial score (nSPS) is 12.6. The molecule has 1 rings (SSSR count). The summed E-state index contributed by atoms with van der Waals surface area (Å²) in [6, 6.07) is 7.34. The van der Waals surface area contributed by atoms with Crippen LogP contribution in [-0.2, 0) is 0 Å². The lowest BCUT2D eigenvalue weighted by atomic mass is 10.1. The van der Waals surface area contributed by atoms with Gasteiger partial charge in [0.15, 0.2) is 0 Å². The number of aliphatic hydroxyl groups is 1. The molecule has 3 nitrogen and oxygen atoms in total. The minimum Gasteiger partial charge on any atom is -0.497 e. The molecule has 1 aromatic carbocycles. The maximum absolute atomic E-state index is 9.39. The maximum Gasteiger partial charge on any atom is 0.128 e. The van der Waals surface area contributed by atoms with Gasteiger partial charge in [0.25, 0.3) is 0 Å². The molecule has 0 heterocycles. The van der Waals surface area contributed by atoms with Crippen LogP contribution in [0, 0.1) is 0 Å². The molecule has 0 aliphatic carbocycles. The summed E-state index contributed by atoms with van der Waals surface area (Å²) >= 11 is 0. The average Bonchev–Trinajstić information content (AvgIpc) is 2.17. The van der Waals surface area contributed by atoms with Gasteiger partial charge in [-0.25, -0.2) is 0 Å². The lowest BCUT2D eigenvalue weighted by Crippen LogP contribution is -2.52. The fourth-order valence-corrected chi connectivity index (χ4v) is 0.993. The standard InChI is InChI=1S/C9H13NO2/c1-12-8-4-2-7(3-5-8)9(11)6-10/h2-5,9,11H,6,10H2,1H3/p+1/t9-/m1/s1. The molecule has 0 radical (unpaired) electrons. The molecular formula is C9H14NO2+. The molecule has 0 aromatic heterocycles. The van der Waals surface area contributed by atoms with Gasteiger partial charge < -0.3 is 15.6 Å². The summed E-state index contributed by atoms with van der Waals surface area (Å²) in [5, 5.41) is 9.39. The Kier molecular flexibility index (Phi) is 3.08. The molecule has 0 fully saturated rings. The molecule has 66 valence electrons. The number of methoxy groups -OCH3 is 1. The van der Waals surface area contributed by atoms with E-state index in [0.29, 0.717) is 6.54 Å². The van der Waals surface area contributed by atoms with Crippen LogP contribution in [0.1, 0.15) is 11.7 Å². The minimum absolute atomic E-state index is 0.462. The molecule has 0 saturated heterocycles. The molecule has 12 heavy (non-hydrogen) atoms. The fourth-order valence-electron chi connectivity index (χ4n) is 0.993. The second-order valence-corrected chi connectivity index (χ2v) is 2.58. The summed E-state index contributed by atoms with van der Waals surface area (Å²) in [7, 11) is 1.62. The SMILES string of the molecule is COc1ccc([C@H](O)C[NH3+])cc1. The number of benzene rings is 1. The van der Waals surface area contributed by atoms with Crippen LogP contribution >= 0.6 is 0 Å². The first-order valence-electron chi connectivity index (χ1n) is 3.89. The summed E-state index contributed by atoms with van der Waals surface area (Å²) in [5.74, 6) is 0.801. The summed E-state index contributed by atoms with van der Waals surface area (Å²) in [4.78, 5) is 0. The van der Waals surface area contributed by atoms with Crippen LogP contribution in [0.15, 0.2) is 24.3 Å². The second-order valence-electron chi connectivity index (χ2n) is 2.58. The Morgan fingerprint density at radius 3 is 2.42 bits per heavy atom. The van der Waals surface area contributed by atoms with Gasteiger partial charge in [-0.15, -0.1) is 0 Å². The van der Waals surface area contributed by atoms with Crippen molar-refractivity contribution in [3.8, 4) is 5.75 Å². The first-order valence-corrected chi connectivity index (χ1v) is 3.89. The number of quaternary nitrogens is 1. The monoisotopic (exact) mass is 168 g/mol. The topological polar surface area (TPSA) is 57.1 Å². The highest BCUT2D eigenvalue weighted by molar-refractivity contribution is 5.28. The third-order valence-corrected chi connectivity index (χ3v) is 1.77. The largest absolute Gasteiger partial charge is 0.497 e. The Balaban J connectivity index is 2.77. The van der Waals surface area contributed by atoms with Crippen LogP contribution in [0.3, 0.4) is 0 Å². The summed E-state index contributed by atoms with van der Waals surface area (Å²) in [6.45, 7) is 0.492. The molecule has 1 atom stereocenters. The second kappa shape index (κ2) is 4.09. The molecule has 4 N–H and O–H groups in total. The van der Waals surface area contributed by atoms with E-state index in [-0.39, 0.29) is 0 Å². The van der Waals surface area contributed by atoms with Crippen molar-refractivity contribution in [2.75, 3.05) is 13.7 Å². The number of hydrogen-bond acceptors (Lipinski definition) is 2. The zero-order valence-electron chi connectivity index (χ0n) is 7.16. The Morgan fingerprint density at radius 2 is 2.00 bits per heavy atom. The van der Waals surface area contributed by atoms with Crippen molar-refractivity contribution in [2.45, 2.75) is 6.10 Å². The van der Waals surface area contributed by atoms with Crippen LogP contribution in [0.5, 0.6) is 5.75 Å². The van der Waals surface area contributed by atoms with E-state index in [1.54, 1.807) is 7.11 Å². The van der Waals surface area contributed by atoms with E-state index in [4.69, 9.17) is 4.74 Å². The Bertz CT molecular complexity index is 233. The smallest absolute Gasteiger partial charge is 0.128 e. The van der Waals surface area contributed by atoms with E-state index >= 15 is 0 Å². The summed E-state index contributed by atoms with van der Waals surface area (Å²) in [5.41, 5.74) is 4.50. The van der Waals surface area contributed by atoms with Gasteiger partial charge in [-0.1, -0.05) is 12.1 Å². The number of ether oxygens (including phenoxy) is 1. The van der Waals surface area contributed by atoms with Crippen molar-refractivity contribution >= 4 is 0 Å². The van der Waals surface area contributed by atoms with E-state index in [1.165, 1.54) is 0 Å². The van der Waals surface area contributed by atoms with E-state index in [2.05, 4.69) is 5.73 Å². The Labute approximate surface area is 71.8 Å². The molecule has 3 heteroatoms. The predicted octanol–water partition coefficient (Wildman–Crippen LogP) is -0.0295. The van der Waals surface area contributed by atoms with Crippen molar-refractivity contribution < 1.29 is 15.6 Å². The highest BCUT2D eigenvalue weighted by Crippen LogP contribution is 2.15. The number of rotatable bonds is 3. The van der Waals surface area contributed by atoms with Crippen LogP contribution in [0.2, 0.25) is 0 Å². The number of aliphatic hydroxyl groups excluding tert-OH is 1. The van der Waals surface area contributed by atoms with E-state index < -0.39 is 6.10 Å². The molecule has 1 aromatic rings. The van der Waals surface area contributed by atoms with Crippen molar-refractivity contribution in [3.63, 3.8) is 0 Å². The van der Waals surface area contributed by atoms with Gasteiger partial charge in [0.1, 0.15) is 18.4 Å². The molecule has 0 unspecified atom stereocenters. The van der Waals surface area contributed by atoms with E-state index in [9.17, 15) is 5.11 Å². The van der Waals surface area contributed by atoms with Gasteiger partial charge in [-0.05, 0) is 17.7 Å². The quantitative estimate of drug-likeness (QED) is 0.666. The summed E-state index contributed by atoms with van der Waals surface area (Å²) in [6.07, 6.45) is -0.462. The highest BCUT2D eigenvalue weighted by Gasteiger charge is 2.05. The molecule has 0 amide bonds. The first-order chi connectivity index (χ1) is 5.77. The molecule has 0 saturated carbocycles. The Hall–Kier alpha value is -1.06. The van der Waals surface area contributed by atoms with Crippen molar-refractivity contribution in [1.82, 2.24) is 0 Å².